The van der Waals surface area contributed by atoms with Gasteiger partial charge in [-0.25, -0.2) is 0 Å². The second kappa shape index (κ2) is 7.58. The summed E-state index contributed by atoms with van der Waals surface area (Å²) in [5, 5.41) is 6.51. The normalized spacial score (nSPS) is 17.7. The van der Waals surface area contributed by atoms with Crippen LogP contribution in [0.4, 0.5) is 5.69 Å². The number of amides is 1. The molecule has 2 N–H and O–H groups in total. The molecule has 6 heteroatoms. The van der Waals surface area contributed by atoms with Crippen LogP contribution in [0.2, 0.25) is 5.02 Å². The van der Waals surface area contributed by atoms with Crippen molar-refractivity contribution < 1.29 is 9.53 Å². The van der Waals surface area contributed by atoms with Crippen molar-refractivity contribution >= 4 is 35.6 Å². The van der Waals surface area contributed by atoms with Crippen LogP contribution in [0.1, 0.15) is 19.8 Å². The topological polar surface area (TPSA) is 50.4 Å². The van der Waals surface area contributed by atoms with Gasteiger partial charge in [0.05, 0.1) is 17.7 Å². The van der Waals surface area contributed by atoms with Gasteiger partial charge in [0.2, 0.25) is 5.91 Å². The Balaban J connectivity index is 0.00000180. The number of benzene rings is 1. The van der Waals surface area contributed by atoms with E-state index in [2.05, 4.69) is 10.6 Å². The van der Waals surface area contributed by atoms with Gasteiger partial charge >= 0.3 is 0 Å². The number of ether oxygens (including phenoxy) is 1. The van der Waals surface area contributed by atoms with Crippen molar-refractivity contribution in [3.05, 3.63) is 23.2 Å². The Hall–Kier alpha value is -0.970. The molecular formula is C13H18Cl2N2O2. The van der Waals surface area contributed by atoms with Gasteiger partial charge in [0.1, 0.15) is 5.75 Å². The van der Waals surface area contributed by atoms with E-state index >= 15 is 0 Å². The Morgan fingerprint density at radius 1 is 1.58 bits per heavy atom. The van der Waals surface area contributed by atoms with Crippen LogP contribution in [-0.4, -0.2) is 25.1 Å². The first kappa shape index (κ1) is 16.1. The maximum atomic E-state index is 11.9. The van der Waals surface area contributed by atoms with Gasteiger partial charge in [0.25, 0.3) is 0 Å². The van der Waals surface area contributed by atoms with Crippen molar-refractivity contribution in [2.24, 2.45) is 0 Å². The lowest BCUT2D eigenvalue weighted by Gasteiger charge is -2.12. The monoisotopic (exact) mass is 304 g/mol. The molecular weight excluding hydrogens is 287 g/mol. The predicted octanol–water partition coefficient (Wildman–Crippen LogP) is 2.85. The summed E-state index contributed by atoms with van der Waals surface area (Å²) in [5.74, 6) is 0.629. The zero-order valence-electron chi connectivity index (χ0n) is 10.7. The number of hydrogen-bond acceptors (Lipinski definition) is 3. The number of hydrogen-bond donors (Lipinski definition) is 2. The van der Waals surface area contributed by atoms with Crippen molar-refractivity contribution in [3.63, 3.8) is 0 Å². The minimum absolute atomic E-state index is 0. The third-order valence-corrected chi connectivity index (χ3v) is 3.17. The van der Waals surface area contributed by atoms with Crippen LogP contribution >= 0.6 is 24.0 Å². The molecule has 0 bridgehead atoms. The largest absolute Gasteiger partial charge is 0.492 e. The molecule has 1 amide bonds. The van der Waals surface area contributed by atoms with E-state index in [1.54, 1.807) is 18.2 Å². The summed E-state index contributed by atoms with van der Waals surface area (Å²) in [6.07, 6.45) is 1.93. The summed E-state index contributed by atoms with van der Waals surface area (Å²) in [5.41, 5.74) is 0.696. The SMILES string of the molecule is CCOc1ccc(NC(=O)[C@@H]2CCCN2)cc1Cl.Cl. The van der Waals surface area contributed by atoms with Gasteiger partial charge in [-0.05, 0) is 44.5 Å². The first-order valence-electron chi connectivity index (χ1n) is 6.17. The lowest BCUT2D eigenvalue weighted by Crippen LogP contribution is -2.35. The van der Waals surface area contributed by atoms with Gasteiger partial charge in [0, 0.05) is 5.69 Å². The maximum absolute atomic E-state index is 11.9. The molecule has 0 aromatic heterocycles. The van der Waals surface area contributed by atoms with E-state index < -0.39 is 0 Å². The van der Waals surface area contributed by atoms with Gasteiger partial charge in [-0.1, -0.05) is 11.6 Å². The van der Waals surface area contributed by atoms with E-state index in [1.807, 2.05) is 6.92 Å². The van der Waals surface area contributed by atoms with Gasteiger partial charge in [-0.3, -0.25) is 4.79 Å². The van der Waals surface area contributed by atoms with Crippen molar-refractivity contribution in [1.82, 2.24) is 5.32 Å². The van der Waals surface area contributed by atoms with Gasteiger partial charge in [-0.15, -0.1) is 12.4 Å². The lowest BCUT2D eigenvalue weighted by atomic mass is 10.2. The Bertz CT molecular complexity index is 435. The number of anilines is 1. The Morgan fingerprint density at radius 2 is 2.37 bits per heavy atom. The fourth-order valence-electron chi connectivity index (χ4n) is 1.99. The zero-order valence-corrected chi connectivity index (χ0v) is 12.3. The van der Waals surface area contributed by atoms with Crippen LogP contribution in [0, 0.1) is 0 Å². The fraction of sp³-hybridized carbons (Fsp3) is 0.462. The van der Waals surface area contributed by atoms with E-state index in [-0.39, 0.29) is 24.4 Å². The molecule has 0 radical (unpaired) electrons. The first-order chi connectivity index (χ1) is 8.70. The van der Waals surface area contributed by atoms with Gasteiger partial charge in [-0.2, -0.15) is 0 Å². The molecule has 1 saturated heterocycles. The van der Waals surface area contributed by atoms with Crippen molar-refractivity contribution in [2.45, 2.75) is 25.8 Å². The molecule has 0 unspecified atom stereocenters. The summed E-state index contributed by atoms with van der Waals surface area (Å²) in [6.45, 7) is 3.37. The molecule has 1 heterocycles. The molecule has 1 atom stereocenters. The molecule has 4 nitrogen and oxygen atoms in total. The molecule has 1 fully saturated rings. The van der Waals surface area contributed by atoms with E-state index in [4.69, 9.17) is 16.3 Å². The van der Waals surface area contributed by atoms with E-state index in [0.29, 0.717) is 23.1 Å². The average Bonchev–Trinajstić information content (AvgIpc) is 2.86. The molecule has 2 rings (SSSR count). The highest BCUT2D eigenvalue weighted by Crippen LogP contribution is 2.27. The molecule has 106 valence electrons. The summed E-state index contributed by atoms with van der Waals surface area (Å²) in [6, 6.07) is 5.18. The Labute approximate surface area is 124 Å². The molecule has 0 spiro atoms. The van der Waals surface area contributed by atoms with Crippen molar-refractivity contribution in [1.29, 1.82) is 0 Å². The number of rotatable bonds is 4. The summed E-state index contributed by atoms with van der Waals surface area (Å²) >= 11 is 6.06. The van der Waals surface area contributed by atoms with Gasteiger partial charge in [0.15, 0.2) is 0 Å². The Morgan fingerprint density at radius 3 is 2.95 bits per heavy atom. The zero-order chi connectivity index (χ0) is 13.0. The number of carbonyl (C=O) groups excluding carboxylic acids is 1. The highest BCUT2D eigenvalue weighted by Gasteiger charge is 2.21. The second-order valence-corrected chi connectivity index (χ2v) is 4.62. The number of halogens is 2. The molecule has 1 aliphatic heterocycles. The van der Waals surface area contributed by atoms with E-state index in [0.717, 1.165) is 19.4 Å². The average molecular weight is 305 g/mol. The first-order valence-corrected chi connectivity index (χ1v) is 6.55. The number of carbonyl (C=O) groups is 1. The smallest absolute Gasteiger partial charge is 0.241 e. The standard InChI is InChI=1S/C13H17ClN2O2.ClH/c1-2-18-12-6-5-9(8-10(12)14)16-13(17)11-4-3-7-15-11;/h5-6,8,11,15H,2-4,7H2,1H3,(H,16,17);1H/t11-;/m0./s1. The lowest BCUT2D eigenvalue weighted by molar-refractivity contribution is -0.117. The van der Waals surface area contributed by atoms with Crippen molar-refractivity contribution in [3.8, 4) is 5.75 Å². The molecule has 1 aromatic carbocycles. The number of nitrogens with one attached hydrogen (secondary N) is 2. The van der Waals surface area contributed by atoms with Crippen LogP contribution in [0.5, 0.6) is 5.75 Å². The van der Waals surface area contributed by atoms with Crippen LogP contribution in [-0.2, 0) is 4.79 Å². The Kier molecular flexibility index (Phi) is 6.42. The third kappa shape index (κ3) is 4.27. The van der Waals surface area contributed by atoms with Crippen LogP contribution < -0.4 is 15.4 Å². The summed E-state index contributed by atoms with van der Waals surface area (Å²) in [4.78, 5) is 11.9. The van der Waals surface area contributed by atoms with Gasteiger partial charge < -0.3 is 15.4 Å². The minimum atomic E-state index is -0.0876. The molecule has 19 heavy (non-hydrogen) atoms. The van der Waals surface area contributed by atoms with E-state index in [9.17, 15) is 4.79 Å². The molecule has 1 aliphatic rings. The quantitative estimate of drug-likeness (QED) is 0.899. The summed E-state index contributed by atoms with van der Waals surface area (Å²) in [7, 11) is 0. The summed E-state index contributed by atoms with van der Waals surface area (Å²) < 4.78 is 5.34. The van der Waals surface area contributed by atoms with Crippen LogP contribution in [0.15, 0.2) is 18.2 Å². The minimum Gasteiger partial charge on any atom is -0.492 e. The predicted molar refractivity (Wildman–Crippen MR) is 79.5 cm³/mol. The van der Waals surface area contributed by atoms with Crippen LogP contribution in [0.3, 0.4) is 0 Å². The molecule has 1 aromatic rings. The second-order valence-electron chi connectivity index (χ2n) is 4.22. The molecule has 0 saturated carbocycles. The maximum Gasteiger partial charge on any atom is 0.241 e. The van der Waals surface area contributed by atoms with Crippen LogP contribution in [0.25, 0.3) is 0 Å². The highest BCUT2D eigenvalue weighted by molar-refractivity contribution is 6.32. The fourth-order valence-corrected chi connectivity index (χ4v) is 2.22. The third-order valence-electron chi connectivity index (χ3n) is 2.88. The van der Waals surface area contributed by atoms with E-state index in [1.165, 1.54) is 0 Å². The molecule has 0 aliphatic carbocycles. The highest BCUT2D eigenvalue weighted by atomic mass is 35.5. The van der Waals surface area contributed by atoms with Crippen molar-refractivity contribution in [2.75, 3.05) is 18.5 Å².